The van der Waals surface area contributed by atoms with Gasteiger partial charge in [-0.1, -0.05) is 23.7 Å². The number of rotatable bonds is 6. The second kappa shape index (κ2) is 8.25. The molecule has 1 unspecified atom stereocenters. The number of H-pyrrole nitrogens is 1. The summed E-state index contributed by atoms with van der Waals surface area (Å²) >= 11 is 6.07. The lowest BCUT2D eigenvalue weighted by Gasteiger charge is -2.13. The molecule has 3 rings (SSSR count). The summed E-state index contributed by atoms with van der Waals surface area (Å²) in [4.78, 5) is 15.7. The van der Waals surface area contributed by atoms with E-state index >= 15 is 0 Å². The average molecular weight is 402 g/mol. The van der Waals surface area contributed by atoms with Gasteiger partial charge in [0.25, 0.3) is 5.91 Å². The third-order valence-electron chi connectivity index (χ3n) is 3.83. The molecule has 2 aromatic heterocycles. The van der Waals surface area contributed by atoms with Gasteiger partial charge >= 0.3 is 0 Å². The number of hydrogen-bond acceptors (Lipinski definition) is 4. The normalized spacial score (nSPS) is 16.2. The number of hydrogen-bond donors (Lipinski definition) is 3. The van der Waals surface area contributed by atoms with Gasteiger partial charge in [-0.3, -0.25) is 14.6 Å². The molecule has 0 fully saturated rings. The first-order chi connectivity index (χ1) is 14.4. The maximum atomic E-state index is 12.4. The monoisotopic (exact) mass is 401 g/mol. The van der Waals surface area contributed by atoms with E-state index in [0.717, 1.165) is 4.68 Å². The summed E-state index contributed by atoms with van der Waals surface area (Å²) in [5.74, 6) is -0.669. The van der Waals surface area contributed by atoms with E-state index in [0.29, 0.717) is 16.9 Å². The quantitative estimate of drug-likeness (QED) is 0.551. The van der Waals surface area contributed by atoms with Gasteiger partial charge in [0.1, 0.15) is 5.69 Å². The number of aromatic amines is 1. The minimum atomic E-state index is -2.09. The molecule has 8 nitrogen and oxygen atoms in total. The second-order valence-electron chi connectivity index (χ2n) is 6.00. The van der Waals surface area contributed by atoms with Gasteiger partial charge < -0.3 is 10.4 Å². The third-order valence-corrected chi connectivity index (χ3v) is 4.13. The zero-order chi connectivity index (χ0) is 23.0. The van der Waals surface area contributed by atoms with E-state index in [-0.39, 0.29) is 16.4 Å². The molecule has 144 valence electrons. The number of aliphatic hydroxyl groups is 1. The van der Waals surface area contributed by atoms with Crippen LogP contribution in [0.5, 0.6) is 0 Å². The Balaban J connectivity index is 1.77. The van der Waals surface area contributed by atoms with Crippen LogP contribution in [0.2, 0.25) is 5.02 Å². The van der Waals surface area contributed by atoms with Crippen molar-refractivity contribution in [3.05, 3.63) is 64.4 Å². The highest BCUT2D eigenvalue weighted by atomic mass is 35.5. The Morgan fingerprint density at radius 1 is 1.50 bits per heavy atom. The van der Waals surface area contributed by atoms with Crippen LogP contribution in [0.1, 0.15) is 40.2 Å². The Hall–Kier alpha value is -3.15. The van der Waals surface area contributed by atoms with Crippen molar-refractivity contribution < 1.29 is 14.0 Å². The molecule has 1 aromatic carbocycles. The number of aromatic nitrogens is 4. The Morgan fingerprint density at radius 3 is 2.93 bits per heavy atom. The van der Waals surface area contributed by atoms with Crippen LogP contribution in [0.15, 0.2) is 36.5 Å². The lowest BCUT2D eigenvalue weighted by molar-refractivity contribution is 0.0931. The summed E-state index contributed by atoms with van der Waals surface area (Å²) in [6.45, 7) is 7.67. The number of halogens is 1. The first-order valence-electron chi connectivity index (χ1n) is 9.76. The molecule has 0 bridgehead atoms. The maximum absolute atomic E-state index is 12.4. The molecule has 1 amide bonds. The third kappa shape index (κ3) is 4.39. The molecule has 0 aliphatic heterocycles. The summed E-state index contributed by atoms with van der Waals surface area (Å²) in [7, 11) is 0. The number of nitrogens with zero attached hydrogens (tertiary/aromatic N) is 4. The lowest BCUT2D eigenvalue weighted by Crippen LogP contribution is -2.36. The van der Waals surface area contributed by atoms with Gasteiger partial charge in [0.15, 0.2) is 0 Å². The molecule has 2 atom stereocenters. The molecule has 0 radical (unpaired) electrons. The van der Waals surface area contributed by atoms with Crippen LogP contribution < -0.4 is 5.32 Å². The van der Waals surface area contributed by atoms with Crippen molar-refractivity contribution in [2.75, 3.05) is 0 Å². The number of carbonyl (C=O) groups is 1. The highest BCUT2D eigenvalue weighted by molar-refractivity contribution is 6.33. The summed E-state index contributed by atoms with van der Waals surface area (Å²) in [5.41, 5.74) is 1.34. The second-order valence-corrected chi connectivity index (χ2v) is 6.41. The summed E-state index contributed by atoms with van der Waals surface area (Å²) < 4.78 is 25.4. The van der Waals surface area contributed by atoms with E-state index in [1.54, 1.807) is 24.3 Å². The predicted octanol–water partition coefficient (Wildman–Crippen LogP) is 3.35. The van der Waals surface area contributed by atoms with Gasteiger partial charge in [-0.05, 0) is 32.0 Å². The zero-order valence-electron chi connectivity index (χ0n) is 18.1. The number of benzene rings is 1. The van der Waals surface area contributed by atoms with Crippen LogP contribution in [0.25, 0.3) is 16.1 Å². The molecular weight excluding hydrogens is 380 g/mol. The largest absolute Gasteiger partial charge is 0.387 e. The Morgan fingerprint density at radius 2 is 2.29 bits per heavy atom. The number of amides is 1. The Bertz CT molecular complexity index is 1160. The smallest absolute Gasteiger partial charge is 0.272 e. The topological polar surface area (TPSA) is 100 Å². The van der Waals surface area contributed by atoms with Crippen LogP contribution >= 0.6 is 11.6 Å². The van der Waals surface area contributed by atoms with Crippen LogP contribution in [-0.2, 0) is 6.50 Å². The molecule has 0 saturated heterocycles. The lowest BCUT2D eigenvalue weighted by atomic mass is 10.1. The SMILES string of the molecule is [2H]C(C)(O)c1cc(C(=O)N[C@@H](C)C([2H])([2H])n2ccc(-c3ccc([N+]#[C-])c(Cl)c3)n2)n[nH]1. The van der Waals surface area contributed by atoms with Crippen LogP contribution in [0.4, 0.5) is 5.69 Å². The summed E-state index contributed by atoms with van der Waals surface area (Å²) in [6.07, 6.45) is -0.494. The molecular formula is C19H19ClN6O2. The van der Waals surface area contributed by atoms with Crippen molar-refractivity contribution in [2.45, 2.75) is 32.5 Å². The molecule has 0 saturated carbocycles. The van der Waals surface area contributed by atoms with E-state index in [2.05, 4.69) is 25.5 Å². The van der Waals surface area contributed by atoms with Crippen molar-refractivity contribution in [3.63, 3.8) is 0 Å². The summed E-state index contributed by atoms with van der Waals surface area (Å²) in [5, 5.41) is 22.9. The standard InChI is InChI=1S/C19H19ClN6O2/c1-11(22-19(28)18-9-17(12(2)27)23-24-18)10-26-7-6-15(25-26)13-4-5-16(21-3)14(20)8-13/h4-9,11-12,27H,10H2,1-2H3,(H,22,28)(H,23,24)/t11-,12?/m0/s1/i10D2,12D. The molecule has 2 heterocycles. The van der Waals surface area contributed by atoms with Gasteiger partial charge in [0, 0.05) is 22.8 Å². The van der Waals surface area contributed by atoms with Gasteiger partial charge in [-0.15, -0.1) is 0 Å². The fourth-order valence-corrected chi connectivity index (χ4v) is 2.65. The van der Waals surface area contributed by atoms with E-state index in [4.69, 9.17) is 22.3 Å². The fourth-order valence-electron chi connectivity index (χ4n) is 2.43. The van der Waals surface area contributed by atoms with Crippen LogP contribution in [-0.4, -0.2) is 37.0 Å². The van der Waals surface area contributed by atoms with Gasteiger partial charge in [0.2, 0.25) is 5.69 Å². The predicted molar refractivity (Wildman–Crippen MR) is 105 cm³/mol. The van der Waals surface area contributed by atoms with Crippen molar-refractivity contribution in [3.8, 4) is 11.3 Å². The van der Waals surface area contributed by atoms with Crippen molar-refractivity contribution >= 4 is 23.2 Å². The number of carbonyl (C=O) groups excluding carboxylic acids is 1. The van der Waals surface area contributed by atoms with E-state index in [1.165, 1.54) is 26.1 Å². The Kier molecular flexibility index (Phi) is 4.67. The molecule has 3 N–H and O–H groups in total. The van der Waals surface area contributed by atoms with Gasteiger partial charge in [0.05, 0.1) is 34.6 Å². The van der Waals surface area contributed by atoms with Crippen LogP contribution in [0.3, 0.4) is 0 Å². The first kappa shape index (κ1) is 15.9. The number of nitrogens with one attached hydrogen (secondary N) is 2. The van der Waals surface area contributed by atoms with Crippen LogP contribution in [0, 0.1) is 6.57 Å². The van der Waals surface area contributed by atoms with Crippen molar-refractivity contribution in [1.82, 2.24) is 25.3 Å². The average Bonchev–Trinajstić information content (AvgIpc) is 3.37. The molecule has 0 aliphatic carbocycles. The molecule has 0 aliphatic rings. The van der Waals surface area contributed by atoms with E-state index in [1.807, 2.05) is 0 Å². The van der Waals surface area contributed by atoms with Gasteiger partial charge in [-0.25, -0.2) is 4.85 Å². The summed E-state index contributed by atoms with van der Waals surface area (Å²) in [6, 6.07) is 6.64. The van der Waals surface area contributed by atoms with Crippen molar-refractivity contribution in [1.29, 1.82) is 0 Å². The molecule has 0 spiro atoms. The highest BCUT2D eigenvalue weighted by Crippen LogP contribution is 2.29. The maximum Gasteiger partial charge on any atom is 0.272 e. The minimum absolute atomic E-state index is 0.0351. The Labute approximate surface area is 171 Å². The fraction of sp³-hybridized carbons (Fsp3) is 0.263. The molecule has 28 heavy (non-hydrogen) atoms. The van der Waals surface area contributed by atoms with Gasteiger partial charge in [-0.2, -0.15) is 10.2 Å². The molecule has 9 heteroatoms. The van der Waals surface area contributed by atoms with Crippen molar-refractivity contribution in [2.24, 2.45) is 0 Å². The first-order valence-corrected chi connectivity index (χ1v) is 8.64. The molecule has 3 aromatic rings. The highest BCUT2D eigenvalue weighted by Gasteiger charge is 2.16. The zero-order valence-corrected chi connectivity index (χ0v) is 15.8. The van der Waals surface area contributed by atoms with E-state index < -0.39 is 24.5 Å². The van der Waals surface area contributed by atoms with E-state index in [9.17, 15) is 9.90 Å². The minimum Gasteiger partial charge on any atom is -0.387 e.